The maximum absolute atomic E-state index is 5.65. The number of hydrogen-bond donors (Lipinski definition) is 1. The summed E-state index contributed by atoms with van der Waals surface area (Å²) in [5, 5.41) is 4.73. The fraction of sp³-hybridized carbons (Fsp3) is 0.529. The second-order valence-corrected chi connectivity index (χ2v) is 5.33. The van der Waals surface area contributed by atoms with Crippen LogP contribution in [0.2, 0.25) is 0 Å². The van der Waals surface area contributed by atoms with E-state index in [2.05, 4.69) is 44.3 Å². The van der Waals surface area contributed by atoms with Crippen LogP contribution in [0.25, 0.3) is 11.0 Å². The van der Waals surface area contributed by atoms with E-state index in [-0.39, 0.29) is 0 Å². The first kappa shape index (κ1) is 14.1. The van der Waals surface area contributed by atoms with Gasteiger partial charge in [-0.3, -0.25) is 0 Å². The minimum atomic E-state index is 0.616. The molecule has 0 fully saturated rings. The molecular formula is C17H25NO. The Morgan fingerprint density at radius 3 is 2.79 bits per heavy atom. The van der Waals surface area contributed by atoms with Gasteiger partial charge in [-0.2, -0.15) is 0 Å². The van der Waals surface area contributed by atoms with Crippen molar-refractivity contribution in [1.29, 1.82) is 0 Å². The van der Waals surface area contributed by atoms with Crippen LogP contribution in [0.1, 0.15) is 50.7 Å². The van der Waals surface area contributed by atoms with Gasteiger partial charge >= 0.3 is 0 Å². The van der Waals surface area contributed by atoms with Crippen LogP contribution >= 0.6 is 0 Å². The lowest BCUT2D eigenvalue weighted by Gasteiger charge is -2.09. The zero-order chi connectivity index (χ0) is 13.7. The van der Waals surface area contributed by atoms with Gasteiger partial charge in [0.15, 0.2) is 0 Å². The van der Waals surface area contributed by atoms with Gasteiger partial charge in [-0.15, -0.1) is 0 Å². The summed E-state index contributed by atoms with van der Waals surface area (Å²) in [7, 11) is 0. The molecule has 0 aliphatic rings. The minimum absolute atomic E-state index is 0.616. The van der Waals surface area contributed by atoms with Crippen LogP contribution in [0.5, 0.6) is 0 Å². The maximum atomic E-state index is 5.65. The summed E-state index contributed by atoms with van der Waals surface area (Å²) < 4.78 is 5.65. The number of furan rings is 1. The fourth-order valence-corrected chi connectivity index (χ4v) is 2.36. The Kier molecular flexibility index (Phi) is 5.03. The van der Waals surface area contributed by atoms with E-state index in [1.807, 2.05) is 6.26 Å². The highest BCUT2D eigenvalue weighted by Gasteiger charge is 2.09. The van der Waals surface area contributed by atoms with Gasteiger partial charge in [-0.25, -0.2) is 0 Å². The van der Waals surface area contributed by atoms with E-state index in [1.165, 1.54) is 29.4 Å². The molecule has 1 aromatic heterocycles. The molecular weight excluding hydrogens is 234 g/mol. The third-order valence-corrected chi connectivity index (χ3v) is 3.86. The summed E-state index contributed by atoms with van der Waals surface area (Å²) >= 11 is 0. The van der Waals surface area contributed by atoms with Crippen LogP contribution in [-0.2, 0) is 6.42 Å². The quantitative estimate of drug-likeness (QED) is 0.741. The predicted molar refractivity (Wildman–Crippen MR) is 81.8 cm³/mol. The molecule has 0 spiro atoms. The van der Waals surface area contributed by atoms with Crippen LogP contribution in [0.3, 0.4) is 0 Å². The van der Waals surface area contributed by atoms with Crippen molar-refractivity contribution in [3.63, 3.8) is 0 Å². The Bertz CT molecular complexity index is 515. The fourth-order valence-electron chi connectivity index (χ4n) is 2.36. The first-order valence-electron chi connectivity index (χ1n) is 7.47. The van der Waals surface area contributed by atoms with Crippen molar-refractivity contribution in [2.45, 2.75) is 46.0 Å². The van der Waals surface area contributed by atoms with E-state index in [4.69, 9.17) is 4.42 Å². The van der Waals surface area contributed by atoms with Crippen molar-refractivity contribution in [2.75, 3.05) is 13.1 Å². The van der Waals surface area contributed by atoms with Crippen molar-refractivity contribution < 1.29 is 4.42 Å². The van der Waals surface area contributed by atoms with E-state index >= 15 is 0 Å². The van der Waals surface area contributed by atoms with Gasteiger partial charge in [0.1, 0.15) is 5.58 Å². The SMILES string of the molecule is CCCNCCc1coc2ccc(C(C)CC)cc12. The van der Waals surface area contributed by atoms with Crippen LogP contribution < -0.4 is 5.32 Å². The molecule has 0 radical (unpaired) electrons. The molecule has 2 nitrogen and oxygen atoms in total. The monoisotopic (exact) mass is 259 g/mol. The molecule has 1 aromatic carbocycles. The van der Waals surface area contributed by atoms with Crippen LogP contribution in [0, 0.1) is 0 Å². The third-order valence-electron chi connectivity index (χ3n) is 3.86. The molecule has 0 aliphatic heterocycles. The van der Waals surface area contributed by atoms with Gasteiger partial charge in [0.25, 0.3) is 0 Å². The third kappa shape index (κ3) is 3.38. The summed E-state index contributed by atoms with van der Waals surface area (Å²) in [4.78, 5) is 0. The maximum Gasteiger partial charge on any atom is 0.134 e. The topological polar surface area (TPSA) is 25.2 Å². The second-order valence-electron chi connectivity index (χ2n) is 5.33. The van der Waals surface area contributed by atoms with Gasteiger partial charge in [0.2, 0.25) is 0 Å². The van der Waals surface area contributed by atoms with Crippen molar-refractivity contribution >= 4 is 11.0 Å². The largest absolute Gasteiger partial charge is 0.464 e. The Balaban J connectivity index is 2.15. The molecule has 0 saturated heterocycles. The van der Waals surface area contributed by atoms with E-state index < -0.39 is 0 Å². The van der Waals surface area contributed by atoms with Crippen molar-refractivity contribution in [3.8, 4) is 0 Å². The van der Waals surface area contributed by atoms with Crippen LogP contribution in [-0.4, -0.2) is 13.1 Å². The number of fused-ring (bicyclic) bond motifs is 1. The first-order valence-corrected chi connectivity index (χ1v) is 7.47. The van der Waals surface area contributed by atoms with Gasteiger partial charge in [-0.05, 0) is 61.5 Å². The molecule has 2 rings (SSSR count). The lowest BCUT2D eigenvalue weighted by molar-refractivity contribution is 0.605. The Labute approximate surface area is 116 Å². The summed E-state index contributed by atoms with van der Waals surface area (Å²) in [6.07, 6.45) is 5.32. The summed E-state index contributed by atoms with van der Waals surface area (Å²) in [6.45, 7) is 8.83. The van der Waals surface area contributed by atoms with Gasteiger partial charge in [-0.1, -0.05) is 26.8 Å². The molecule has 2 aromatic rings. The molecule has 19 heavy (non-hydrogen) atoms. The van der Waals surface area contributed by atoms with Crippen LogP contribution in [0.15, 0.2) is 28.9 Å². The van der Waals surface area contributed by atoms with E-state index in [9.17, 15) is 0 Å². The number of rotatable bonds is 7. The number of benzene rings is 1. The molecule has 2 heteroatoms. The molecule has 104 valence electrons. The van der Waals surface area contributed by atoms with E-state index in [1.54, 1.807) is 0 Å². The molecule has 0 saturated carbocycles. The van der Waals surface area contributed by atoms with Gasteiger partial charge in [0, 0.05) is 5.39 Å². The highest BCUT2D eigenvalue weighted by Crippen LogP contribution is 2.27. The lowest BCUT2D eigenvalue weighted by Crippen LogP contribution is -2.17. The molecule has 1 N–H and O–H groups in total. The summed E-state index contributed by atoms with van der Waals surface area (Å²) in [5.41, 5.74) is 3.75. The highest BCUT2D eigenvalue weighted by atomic mass is 16.3. The van der Waals surface area contributed by atoms with Crippen molar-refractivity contribution in [2.24, 2.45) is 0 Å². The minimum Gasteiger partial charge on any atom is -0.464 e. The molecule has 1 atom stereocenters. The smallest absolute Gasteiger partial charge is 0.134 e. The lowest BCUT2D eigenvalue weighted by atomic mass is 9.96. The van der Waals surface area contributed by atoms with E-state index in [0.29, 0.717) is 5.92 Å². The predicted octanol–water partition coefficient (Wildman–Crippen LogP) is 4.49. The molecule has 0 bridgehead atoms. The van der Waals surface area contributed by atoms with Crippen LogP contribution in [0.4, 0.5) is 0 Å². The number of nitrogens with one attached hydrogen (secondary N) is 1. The number of hydrogen-bond acceptors (Lipinski definition) is 2. The van der Waals surface area contributed by atoms with Crippen molar-refractivity contribution in [3.05, 3.63) is 35.6 Å². The first-order chi connectivity index (χ1) is 9.26. The Morgan fingerprint density at radius 1 is 1.21 bits per heavy atom. The summed E-state index contributed by atoms with van der Waals surface area (Å²) in [6, 6.07) is 6.61. The molecule has 1 unspecified atom stereocenters. The van der Waals surface area contributed by atoms with Crippen molar-refractivity contribution in [1.82, 2.24) is 5.32 Å². The zero-order valence-electron chi connectivity index (χ0n) is 12.3. The molecule has 0 aliphatic carbocycles. The summed E-state index contributed by atoms with van der Waals surface area (Å²) in [5.74, 6) is 0.616. The normalized spacial score (nSPS) is 13.0. The molecule has 0 amide bonds. The zero-order valence-corrected chi connectivity index (χ0v) is 12.3. The highest BCUT2D eigenvalue weighted by molar-refractivity contribution is 5.81. The van der Waals surface area contributed by atoms with Gasteiger partial charge < -0.3 is 9.73 Å². The Hall–Kier alpha value is -1.28. The van der Waals surface area contributed by atoms with E-state index in [0.717, 1.165) is 25.1 Å². The second kappa shape index (κ2) is 6.76. The van der Waals surface area contributed by atoms with Gasteiger partial charge in [0.05, 0.1) is 6.26 Å². The molecule has 1 heterocycles. The Morgan fingerprint density at radius 2 is 2.05 bits per heavy atom. The average molecular weight is 259 g/mol. The average Bonchev–Trinajstić information content (AvgIpc) is 2.85. The standard InChI is InChI=1S/C17H25NO/c1-4-9-18-10-8-15-12-19-17-7-6-14(11-16(15)17)13(3)5-2/h6-7,11-13,18H,4-5,8-10H2,1-3H3.